The molecular weight excluding hydrogens is 307 g/mol. The topological polar surface area (TPSA) is 66.6 Å². The molecule has 0 fully saturated rings. The molecule has 0 aliphatic carbocycles. The summed E-state index contributed by atoms with van der Waals surface area (Å²) in [5.41, 5.74) is 9.12. The number of anilines is 1. The molecular formula is C19H21FN2O2. The fourth-order valence-electron chi connectivity index (χ4n) is 3.26. The lowest BCUT2D eigenvalue weighted by atomic mass is 9.97. The van der Waals surface area contributed by atoms with E-state index in [2.05, 4.69) is 0 Å². The van der Waals surface area contributed by atoms with Crippen molar-refractivity contribution in [1.29, 1.82) is 0 Å². The number of rotatable bonds is 3. The summed E-state index contributed by atoms with van der Waals surface area (Å²) in [6.45, 7) is 2.34. The number of fused-ring (bicyclic) bond motifs is 1. The molecule has 126 valence electrons. The first-order chi connectivity index (χ1) is 11.5. The number of carbonyl (C=O) groups is 1. The number of phenols is 1. The van der Waals surface area contributed by atoms with Crippen molar-refractivity contribution in [3.05, 3.63) is 58.9 Å². The van der Waals surface area contributed by atoms with E-state index in [9.17, 15) is 14.3 Å². The predicted molar refractivity (Wildman–Crippen MR) is 91.6 cm³/mol. The Morgan fingerprint density at radius 1 is 1.38 bits per heavy atom. The van der Waals surface area contributed by atoms with Crippen LogP contribution >= 0.6 is 0 Å². The standard InChI is InChI=1S/C19H21FN2O2/c1-12-10-15(23)8-7-14(12)11-17(21)19(24)22-9-3-5-13-4-2-6-16(20)18(13)22/h2,4,6-8,10,17,23H,3,5,9,11,21H2,1H3. The summed E-state index contributed by atoms with van der Waals surface area (Å²) in [5.74, 6) is -0.467. The number of hydrogen-bond acceptors (Lipinski definition) is 3. The average Bonchev–Trinajstić information content (AvgIpc) is 2.56. The zero-order valence-electron chi connectivity index (χ0n) is 13.6. The molecule has 1 atom stereocenters. The summed E-state index contributed by atoms with van der Waals surface area (Å²) < 4.78 is 14.2. The van der Waals surface area contributed by atoms with Gasteiger partial charge in [0.05, 0.1) is 11.7 Å². The number of halogens is 1. The number of nitrogens with two attached hydrogens (primary N) is 1. The van der Waals surface area contributed by atoms with Crippen molar-refractivity contribution in [2.75, 3.05) is 11.4 Å². The van der Waals surface area contributed by atoms with Crippen LogP contribution in [-0.2, 0) is 17.6 Å². The molecule has 1 aliphatic heterocycles. The third-order valence-electron chi connectivity index (χ3n) is 4.52. The normalized spacial score (nSPS) is 15.0. The highest BCUT2D eigenvalue weighted by atomic mass is 19.1. The highest BCUT2D eigenvalue weighted by molar-refractivity contribution is 5.98. The van der Waals surface area contributed by atoms with Crippen LogP contribution in [0.3, 0.4) is 0 Å². The van der Waals surface area contributed by atoms with Crippen molar-refractivity contribution >= 4 is 11.6 Å². The van der Waals surface area contributed by atoms with Crippen molar-refractivity contribution in [2.24, 2.45) is 5.73 Å². The fraction of sp³-hybridized carbons (Fsp3) is 0.316. The fourth-order valence-corrected chi connectivity index (χ4v) is 3.26. The monoisotopic (exact) mass is 328 g/mol. The lowest BCUT2D eigenvalue weighted by molar-refractivity contribution is -0.119. The number of para-hydroxylation sites is 1. The lowest BCUT2D eigenvalue weighted by Crippen LogP contribution is -2.47. The first-order valence-electron chi connectivity index (χ1n) is 8.10. The van der Waals surface area contributed by atoms with E-state index < -0.39 is 6.04 Å². The molecule has 0 saturated carbocycles. The molecule has 0 radical (unpaired) electrons. The molecule has 0 aromatic heterocycles. The third kappa shape index (κ3) is 3.12. The molecule has 0 bridgehead atoms. The maximum absolute atomic E-state index is 14.2. The van der Waals surface area contributed by atoms with Crippen LogP contribution in [0.5, 0.6) is 5.75 Å². The summed E-state index contributed by atoms with van der Waals surface area (Å²) in [5, 5.41) is 9.48. The lowest BCUT2D eigenvalue weighted by Gasteiger charge is -2.31. The molecule has 3 rings (SSSR count). The molecule has 1 amide bonds. The van der Waals surface area contributed by atoms with E-state index in [1.807, 2.05) is 13.0 Å². The minimum absolute atomic E-state index is 0.183. The van der Waals surface area contributed by atoms with Gasteiger partial charge in [0.15, 0.2) is 0 Å². The van der Waals surface area contributed by atoms with E-state index in [1.165, 1.54) is 11.0 Å². The predicted octanol–water partition coefficient (Wildman–Crippen LogP) is 2.69. The Bertz CT molecular complexity index is 776. The van der Waals surface area contributed by atoms with Crippen LogP contribution in [0.15, 0.2) is 36.4 Å². The molecule has 2 aromatic carbocycles. The van der Waals surface area contributed by atoms with Gasteiger partial charge in [-0.05, 0) is 61.1 Å². The quantitative estimate of drug-likeness (QED) is 0.910. The van der Waals surface area contributed by atoms with E-state index in [0.29, 0.717) is 18.7 Å². The van der Waals surface area contributed by atoms with E-state index >= 15 is 0 Å². The number of carbonyl (C=O) groups excluding carboxylic acids is 1. The second-order valence-corrected chi connectivity index (χ2v) is 6.26. The summed E-state index contributed by atoms with van der Waals surface area (Å²) in [6, 6.07) is 9.13. The second kappa shape index (κ2) is 6.61. The minimum atomic E-state index is -0.751. The first-order valence-corrected chi connectivity index (χ1v) is 8.10. The Morgan fingerprint density at radius 3 is 2.92 bits per heavy atom. The van der Waals surface area contributed by atoms with Gasteiger partial charge in [0.25, 0.3) is 0 Å². The van der Waals surface area contributed by atoms with Crippen LogP contribution in [0, 0.1) is 12.7 Å². The number of nitrogens with zero attached hydrogens (tertiary/aromatic N) is 1. The average molecular weight is 328 g/mol. The largest absolute Gasteiger partial charge is 0.508 e. The maximum Gasteiger partial charge on any atom is 0.244 e. The minimum Gasteiger partial charge on any atom is -0.508 e. The van der Waals surface area contributed by atoms with Gasteiger partial charge in [-0.2, -0.15) is 0 Å². The Hall–Kier alpha value is -2.40. The summed E-state index contributed by atoms with van der Waals surface area (Å²) in [4.78, 5) is 14.3. The molecule has 3 N–H and O–H groups in total. The zero-order valence-corrected chi connectivity index (χ0v) is 13.6. The van der Waals surface area contributed by atoms with Crippen LogP contribution in [0.25, 0.3) is 0 Å². The molecule has 24 heavy (non-hydrogen) atoms. The summed E-state index contributed by atoms with van der Waals surface area (Å²) in [6.07, 6.45) is 1.92. The van der Waals surface area contributed by atoms with E-state index in [1.54, 1.807) is 24.3 Å². The van der Waals surface area contributed by atoms with Crippen LogP contribution in [0.2, 0.25) is 0 Å². The van der Waals surface area contributed by atoms with Gasteiger partial charge in [-0.1, -0.05) is 18.2 Å². The Balaban J connectivity index is 1.82. The Labute approximate surface area is 140 Å². The highest BCUT2D eigenvalue weighted by Gasteiger charge is 2.29. The van der Waals surface area contributed by atoms with Crippen LogP contribution in [0.1, 0.15) is 23.1 Å². The number of amides is 1. The second-order valence-electron chi connectivity index (χ2n) is 6.26. The van der Waals surface area contributed by atoms with Crippen molar-refractivity contribution in [3.63, 3.8) is 0 Å². The Kier molecular flexibility index (Phi) is 4.53. The van der Waals surface area contributed by atoms with E-state index in [-0.39, 0.29) is 17.5 Å². The van der Waals surface area contributed by atoms with Gasteiger partial charge in [0.2, 0.25) is 5.91 Å². The van der Waals surface area contributed by atoms with Gasteiger partial charge in [0, 0.05) is 6.54 Å². The van der Waals surface area contributed by atoms with Crippen LogP contribution < -0.4 is 10.6 Å². The van der Waals surface area contributed by atoms with E-state index in [0.717, 1.165) is 29.5 Å². The number of aryl methyl sites for hydroxylation is 2. The number of benzene rings is 2. The van der Waals surface area contributed by atoms with Gasteiger partial charge in [-0.25, -0.2) is 4.39 Å². The third-order valence-corrected chi connectivity index (χ3v) is 4.52. The Morgan fingerprint density at radius 2 is 2.17 bits per heavy atom. The number of phenolic OH excluding ortho intramolecular Hbond substituents is 1. The zero-order chi connectivity index (χ0) is 17.3. The van der Waals surface area contributed by atoms with Gasteiger partial charge in [-0.3, -0.25) is 4.79 Å². The van der Waals surface area contributed by atoms with Crippen molar-refractivity contribution < 1.29 is 14.3 Å². The summed E-state index contributed by atoms with van der Waals surface area (Å²) >= 11 is 0. The number of aromatic hydroxyl groups is 1. The molecule has 0 saturated heterocycles. The molecule has 2 aromatic rings. The molecule has 4 nitrogen and oxygen atoms in total. The molecule has 1 heterocycles. The van der Waals surface area contributed by atoms with Crippen LogP contribution in [-0.4, -0.2) is 23.6 Å². The SMILES string of the molecule is Cc1cc(O)ccc1CC(N)C(=O)N1CCCc2cccc(F)c21. The molecule has 1 unspecified atom stereocenters. The molecule has 1 aliphatic rings. The van der Waals surface area contributed by atoms with Gasteiger partial charge < -0.3 is 15.7 Å². The molecule has 5 heteroatoms. The van der Waals surface area contributed by atoms with Gasteiger partial charge in [0.1, 0.15) is 11.6 Å². The summed E-state index contributed by atoms with van der Waals surface area (Å²) in [7, 11) is 0. The van der Waals surface area contributed by atoms with Gasteiger partial charge in [-0.15, -0.1) is 0 Å². The maximum atomic E-state index is 14.2. The smallest absolute Gasteiger partial charge is 0.244 e. The number of hydrogen-bond donors (Lipinski definition) is 2. The van der Waals surface area contributed by atoms with Crippen LogP contribution in [0.4, 0.5) is 10.1 Å². The van der Waals surface area contributed by atoms with Gasteiger partial charge >= 0.3 is 0 Å². The van der Waals surface area contributed by atoms with Crippen molar-refractivity contribution in [1.82, 2.24) is 0 Å². The first kappa shape index (κ1) is 16.5. The van der Waals surface area contributed by atoms with Crippen molar-refractivity contribution in [2.45, 2.75) is 32.2 Å². The van der Waals surface area contributed by atoms with Crippen molar-refractivity contribution in [3.8, 4) is 5.75 Å². The van der Waals surface area contributed by atoms with E-state index in [4.69, 9.17) is 5.73 Å². The molecule has 0 spiro atoms. The highest BCUT2D eigenvalue weighted by Crippen LogP contribution is 2.30.